The molecule has 0 aliphatic carbocycles. The van der Waals surface area contributed by atoms with Crippen LogP contribution in [-0.2, 0) is 6.37 Å². The van der Waals surface area contributed by atoms with Gasteiger partial charge in [0.15, 0.2) is 0 Å². The third-order valence-corrected chi connectivity index (χ3v) is 1.44. The summed E-state index contributed by atoms with van der Waals surface area (Å²) in [5, 5.41) is 8.61. The summed E-state index contributed by atoms with van der Waals surface area (Å²) >= 11 is 0. The predicted octanol–water partition coefficient (Wildman–Crippen LogP) is 2.00. The SMILES string of the molecule is [2H]C([2H])(CCCO)c1ccccc1. The minimum absolute atomic E-state index is 0.0480. The second-order valence-corrected chi connectivity index (χ2v) is 2.37. The van der Waals surface area contributed by atoms with Gasteiger partial charge in [0.05, 0.1) is 0 Å². The summed E-state index contributed by atoms with van der Waals surface area (Å²) in [4.78, 5) is 0. The van der Waals surface area contributed by atoms with E-state index in [9.17, 15) is 0 Å². The molecule has 0 saturated carbocycles. The van der Waals surface area contributed by atoms with Gasteiger partial charge in [-0.15, -0.1) is 0 Å². The van der Waals surface area contributed by atoms with E-state index >= 15 is 0 Å². The molecule has 0 aliphatic rings. The van der Waals surface area contributed by atoms with E-state index in [4.69, 9.17) is 7.85 Å². The highest BCUT2D eigenvalue weighted by Crippen LogP contribution is 2.03. The van der Waals surface area contributed by atoms with E-state index in [0.717, 1.165) is 0 Å². The van der Waals surface area contributed by atoms with Crippen LogP contribution in [0.15, 0.2) is 30.3 Å². The van der Waals surface area contributed by atoms with Crippen LogP contribution >= 0.6 is 0 Å². The third-order valence-electron chi connectivity index (χ3n) is 1.44. The summed E-state index contributed by atoms with van der Waals surface area (Å²) in [5.74, 6) is 0. The van der Waals surface area contributed by atoms with E-state index in [0.29, 0.717) is 18.4 Å². The lowest BCUT2D eigenvalue weighted by atomic mass is 10.1. The van der Waals surface area contributed by atoms with Gasteiger partial charge in [0.25, 0.3) is 0 Å². The van der Waals surface area contributed by atoms with Crippen LogP contribution in [0.5, 0.6) is 0 Å². The fraction of sp³-hybridized carbons (Fsp3) is 0.400. The van der Waals surface area contributed by atoms with Crippen molar-refractivity contribution >= 4 is 0 Å². The second-order valence-electron chi connectivity index (χ2n) is 2.37. The Balaban J connectivity index is 2.69. The molecule has 0 bridgehead atoms. The lowest BCUT2D eigenvalue weighted by molar-refractivity contribution is 0.284. The Morgan fingerprint density at radius 1 is 1.18 bits per heavy atom. The number of benzene rings is 1. The van der Waals surface area contributed by atoms with E-state index in [1.807, 2.05) is 18.2 Å². The van der Waals surface area contributed by atoms with E-state index in [1.54, 1.807) is 12.1 Å². The molecule has 0 atom stereocenters. The monoisotopic (exact) mass is 152 g/mol. The molecule has 60 valence electrons. The summed E-state index contributed by atoms with van der Waals surface area (Å²) < 4.78 is 15.5. The summed E-state index contributed by atoms with van der Waals surface area (Å²) in [6.07, 6.45) is -0.445. The van der Waals surface area contributed by atoms with E-state index in [-0.39, 0.29) is 6.61 Å². The number of aliphatic hydroxyl groups excluding tert-OH is 1. The summed E-state index contributed by atoms with van der Waals surface area (Å²) in [6.45, 7) is 0.0480. The molecule has 0 saturated heterocycles. The standard InChI is InChI=1S/C10H14O/c11-9-5-4-8-10-6-2-1-3-7-10/h1-3,6-7,11H,4-5,8-9H2/i8D2. The van der Waals surface area contributed by atoms with Crippen molar-refractivity contribution in [2.24, 2.45) is 0 Å². The van der Waals surface area contributed by atoms with Crippen LogP contribution in [0.2, 0.25) is 0 Å². The summed E-state index contributed by atoms with van der Waals surface area (Å²) in [7, 11) is 0. The fourth-order valence-corrected chi connectivity index (χ4v) is 0.868. The molecule has 0 heterocycles. The lowest BCUT2D eigenvalue weighted by Crippen LogP contribution is -1.87. The molecule has 0 aromatic heterocycles. The Morgan fingerprint density at radius 2 is 1.91 bits per heavy atom. The zero-order valence-corrected chi connectivity index (χ0v) is 6.46. The van der Waals surface area contributed by atoms with Crippen LogP contribution in [0.25, 0.3) is 0 Å². The minimum atomic E-state index is -1.32. The number of hydrogen-bond acceptors (Lipinski definition) is 1. The van der Waals surface area contributed by atoms with Gasteiger partial charge in [0, 0.05) is 9.35 Å². The lowest BCUT2D eigenvalue weighted by Gasteiger charge is -1.97. The van der Waals surface area contributed by atoms with Gasteiger partial charge in [-0.05, 0) is 24.8 Å². The third kappa shape index (κ3) is 3.19. The molecule has 0 fully saturated rings. The highest BCUT2D eigenvalue weighted by Gasteiger charge is 1.89. The van der Waals surface area contributed by atoms with Crippen LogP contribution < -0.4 is 0 Å². The maximum absolute atomic E-state index is 8.61. The Labute approximate surface area is 70.5 Å². The van der Waals surface area contributed by atoms with Gasteiger partial charge in [-0.1, -0.05) is 30.3 Å². The molecule has 1 heteroatoms. The van der Waals surface area contributed by atoms with Crippen molar-refractivity contribution in [2.75, 3.05) is 6.61 Å². The Hall–Kier alpha value is -0.820. The van der Waals surface area contributed by atoms with Gasteiger partial charge < -0.3 is 5.11 Å². The first-order valence-corrected chi connectivity index (χ1v) is 3.83. The van der Waals surface area contributed by atoms with Crippen molar-refractivity contribution in [3.63, 3.8) is 0 Å². The Morgan fingerprint density at radius 3 is 2.55 bits per heavy atom. The molecule has 1 aromatic rings. The van der Waals surface area contributed by atoms with Gasteiger partial charge >= 0.3 is 0 Å². The molecule has 0 radical (unpaired) electrons. The van der Waals surface area contributed by atoms with Gasteiger partial charge in [0.2, 0.25) is 0 Å². The highest BCUT2D eigenvalue weighted by molar-refractivity contribution is 5.14. The van der Waals surface area contributed by atoms with Crippen LogP contribution in [0, 0.1) is 0 Å². The van der Waals surface area contributed by atoms with Gasteiger partial charge in [0.1, 0.15) is 0 Å². The van der Waals surface area contributed by atoms with Crippen molar-refractivity contribution in [1.29, 1.82) is 0 Å². The second kappa shape index (κ2) is 4.91. The fourth-order valence-electron chi connectivity index (χ4n) is 0.868. The molecule has 0 unspecified atom stereocenters. The number of aryl methyl sites for hydroxylation is 1. The molecule has 1 N–H and O–H groups in total. The van der Waals surface area contributed by atoms with Crippen molar-refractivity contribution in [2.45, 2.75) is 19.2 Å². The van der Waals surface area contributed by atoms with Crippen LogP contribution in [-0.4, -0.2) is 11.7 Å². The van der Waals surface area contributed by atoms with Crippen LogP contribution in [0.3, 0.4) is 0 Å². The van der Waals surface area contributed by atoms with E-state index in [2.05, 4.69) is 0 Å². The first-order chi connectivity index (χ1) is 6.17. The predicted molar refractivity (Wildman–Crippen MR) is 46.5 cm³/mol. The first kappa shape index (κ1) is 5.78. The average molecular weight is 152 g/mol. The normalized spacial score (nSPS) is 13.9. The maximum atomic E-state index is 8.61. The zero-order chi connectivity index (χ0) is 9.73. The highest BCUT2D eigenvalue weighted by atomic mass is 16.2. The molecule has 0 aliphatic heterocycles. The van der Waals surface area contributed by atoms with Gasteiger partial charge in [-0.2, -0.15) is 0 Å². The van der Waals surface area contributed by atoms with E-state index in [1.165, 1.54) is 0 Å². The van der Waals surface area contributed by atoms with Crippen molar-refractivity contribution in [1.82, 2.24) is 0 Å². The van der Waals surface area contributed by atoms with Gasteiger partial charge in [-0.25, -0.2) is 0 Å². The van der Waals surface area contributed by atoms with Crippen LogP contribution in [0.1, 0.15) is 21.1 Å². The quantitative estimate of drug-likeness (QED) is 0.699. The molecule has 1 rings (SSSR count). The molecule has 1 aromatic carbocycles. The van der Waals surface area contributed by atoms with E-state index < -0.39 is 6.37 Å². The van der Waals surface area contributed by atoms with Gasteiger partial charge in [-0.3, -0.25) is 0 Å². The first-order valence-electron chi connectivity index (χ1n) is 4.83. The number of aliphatic hydroxyl groups is 1. The smallest absolute Gasteiger partial charge is 0.0431 e. The van der Waals surface area contributed by atoms with Crippen LogP contribution in [0.4, 0.5) is 0 Å². The molecular weight excluding hydrogens is 136 g/mol. The van der Waals surface area contributed by atoms with Crippen molar-refractivity contribution in [3.8, 4) is 0 Å². The molecule has 1 nitrogen and oxygen atoms in total. The largest absolute Gasteiger partial charge is 0.396 e. The average Bonchev–Trinajstić information content (AvgIpc) is 2.16. The molecule has 11 heavy (non-hydrogen) atoms. The molecule has 0 amide bonds. The number of rotatable bonds is 4. The minimum Gasteiger partial charge on any atom is -0.396 e. The topological polar surface area (TPSA) is 20.2 Å². The zero-order valence-electron chi connectivity index (χ0n) is 8.46. The maximum Gasteiger partial charge on any atom is 0.0431 e. The summed E-state index contributed by atoms with van der Waals surface area (Å²) in [6, 6.07) is 9.07. The summed E-state index contributed by atoms with van der Waals surface area (Å²) in [5.41, 5.74) is 0.684. The Kier molecular flexibility index (Phi) is 2.58. The Bertz CT molecular complexity index is 246. The van der Waals surface area contributed by atoms with Crippen molar-refractivity contribution in [3.05, 3.63) is 35.9 Å². The molecular formula is C10H14O. The molecule has 0 spiro atoms. The number of hydrogen-bond donors (Lipinski definition) is 1. The van der Waals surface area contributed by atoms with Crippen molar-refractivity contribution < 1.29 is 7.85 Å².